The molecule has 0 bridgehead atoms. The molecule has 1 N–H and O–H groups in total. The van der Waals surface area contributed by atoms with Gasteiger partial charge in [0, 0.05) is 36.0 Å². The molecule has 3 aromatic carbocycles. The Bertz CT molecular complexity index is 1520. The van der Waals surface area contributed by atoms with Gasteiger partial charge in [0.25, 0.3) is 0 Å². The average molecular weight is 527 g/mol. The monoisotopic (exact) mass is 526 g/mol. The van der Waals surface area contributed by atoms with Gasteiger partial charge >= 0.3 is 5.97 Å². The van der Waals surface area contributed by atoms with Crippen molar-refractivity contribution in [3.05, 3.63) is 94.9 Å². The lowest BCUT2D eigenvalue weighted by Gasteiger charge is -2.46. The molecule has 0 radical (unpaired) electrons. The van der Waals surface area contributed by atoms with Crippen LogP contribution in [-0.2, 0) is 21.7 Å². The van der Waals surface area contributed by atoms with Crippen LogP contribution in [0.2, 0.25) is 0 Å². The number of hydrogen-bond acceptors (Lipinski definition) is 7. The van der Waals surface area contributed by atoms with Crippen molar-refractivity contribution in [3.63, 3.8) is 0 Å². The minimum absolute atomic E-state index is 0.318. The number of esters is 1. The average Bonchev–Trinajstić information content (AvgIpc) is 2.92. The fraction of sp³-hybridized carbons (Fsp3) is 0.258. The summed E-state index contributed by atoms with van der Waals surface area (Å²) in [6.07, 6.45) is 0.736. The standard InChI is InChI=1S/C31H31FN4O3/c1-19-20(2)33-30(34-26-11-9-25(32)10-12-26)35-29(19)36-17-16-24-18-23(22-6-13-27(38-5)14-7-22)8-15-28(24)31(36,4)39-21(3)37/h6-15,18H,16-17H2,1-5H3,(H,33,34,35). The molecule has 0 saturated carbocycles. The molecule has 8 heteroatoms. The largest absolute Gasteiger partial charge is 0.497 e. The maximum Gasteiger partial charge on any atom is 0.305 e. The Morgan fingerprint density at radius 1 is 1.00 bits per heavy atom. The molecule has 1 aliphatic heterocycles. The maximum atomic E-state index is 13.4. The lowest BCUT2D eigenvalue weighted by molar-refractivity contribution is -0.157. The molecular weight excluding hydrogens is 495 g/mol. The Balaban J connectivity index is 1.55. The van der Waals surface area contributed by atoms with Crippen molar-refractivity contribution < 1.29 is 18.7 Å². The second kappa shape index (κ2) is 10.4. The SMILES string of the molecule is COc1ccc(-c2ccc3c(c2)CCN(c2nc(Nc4ccc(F)cc4)nc(C)c2C)C3(C)OC(C)=O)cc1. The Hall–Kier alpha value is -4.46. The van der Waals surface area contributed by atoms with E-state index < -0.39 is 5.72 Å². The van der Waals surface area contributed by atoms with Gasteiger partial charge in [0.15, 0.2) is 0 Å². The molecule has 0 saturated heterocycles. The number of carbonyl (C=O) groups excluding carboxylic acids is 1. The van der Waals surface area contributed by atoms with E-state index in [4.69, 9.17) is 14.5 Å². The Labute approximate surface area is 227 Å². The zero-order chi connectivity index (χ0) is 27.7. The van der Waals surface area contributed by atoms with E-state index in [1.165, 1.54) is 19.1 Å². The van der Waals surface area contributed by atoms with Gasteiger partial charge in [-0.25, -0.2) is 9.37 Å². The van der Waals surface area contributed by atoms with Crippen molar-refractivity contribution in [1.29, 1.82) is 0 Å². The predicted molar refractivity (Wildman–Crippen MR) is 150 cm³/mol. The van der Waals surface area contributed by atoms with E-state index in [2.05, 4.69) is 16.4 Å². The molecule has 7 nitrogen and oxygen atoms in total. The number of carbonyl (C=O) groups is 1. The summed E-state index contributed by atoms with van der Waals surface area (Å²) in [6, 6.07) is 20.2. The second-order valence-corrected chi connectivity index (χ2v) is 9.79. The minimum atomic E-state index is -1.09. The normalized spacial score (nSPS) is 16.4. The topological polar surface area (TPSA) is 76.6 Å². The molecule has 2 heterocycles. The zero-order valence-corrected chi connectivity index (χ0v) is 22.7. The first-order chi connectivity index (χ1) is 18.7. The number of nitrogens with one attached hydrogen (secondary N) is 1. The van der Waals surface area contributed by atoms with Crippen LogP contribution in [0.5, 0.6) is 5.75 Å². The number of hydrogen-bond donors (Lipinski definition) is 1. The summed E-state index contributed by atoms with van der Waals surface area (Å²) in [5, 5.41) is 3.17. The van der Waals surface area contributed by atoms with Crippen LogP contribution in [0, 0.1) is 19.7 Å². The third-order valence-electron chi connectivity index (χ3n) is 7.21. The molecule has 4 aromatic rings. The number of aryl methyl sites for hydroxylation is 1. The predicted octanol–water partition coefficient (Wildman–Crippen LogP) is 6.45. The number of anilines is 3. The van der Waals surface area contributed by atoms with Crippen molar-refractivity contribution in [2.24, 2.45) is 0 Å². The lowest BCUT2D eigenvalue weighted by atomic mass is 9.87. The molecule has 0 spiro atoms. The van der Waals surface area contributed by atoms with Gasteiger partial charge in [0.2, 0.25) is 11.7 Å². The smallest absolute Gasteiger partial charge is 0.305 e. The molecule has 200 valence electrons. The fourth-order valence-corrected chi connectivity index (χ4v) is 5.10. The van der Waals surface area contributed by atoms with E-state index in [0.717, 1.165) is 45.7 Å². The minimum Gasteiger partial charge on any atom is -0.497 e. The molecule has 5 rings (SSSR count). The van der Waals surface area contributed by atoms with E-state index in [1.807, 2.05) is 62.1 Å². The molecule has 0 aliphatic carbocycles. The van der Waals surface area contributed by atoms with Gasteiger partial charge in [-0.3, -0.25) is 4.79 Å². The van der Waals surface area contributed by atoms with Gasteiger partial charge in [-0.15, -0.1) is 0 Å². The van der Waals surface area contributed by atoms with E-state index in [-0.39, 0.29) is 11.8 Å². The Morgan fingerprint density at radius 3 is 2.36 bits per heavy atom. The maximum absolute atomic E-state index is 13.4. The molecule has 0 amide bonds. The van der Waals surface area contributed by atoms with Crippen LogP contribution >= 0.6 is 0 Å². The molecule has 1 aromatic heterocycles. The van der Waals surface area contributed by atoms with Gasteiger partial charge < -0.3 is 19.7 Å². The van der Waals surface area contributed by atoms with Crippen molar-refractivity contribution in [2.75, 3.05) is 23.9 Å². The van der Waals surface area contributed by atoms with Gasteiger partial charge in [-0.2, -0.15) is 4.98 Å². The first-order valence-corrected chi connectivity index (χ1v) is 12.8. The summed E-state index contributed by atoms with van der Waals surface area (Å²) < 4.78 is 24.8. The highest BCUT2D eigenvalue weighted by Gasteiger charge is 2.43. The van der Waals surface area contributed by atoms with Crippen LogP contribution in [0.3, 0.4) is 0 Å². The molecular formula is C31H31FN4O3. The second-order valence-electron chi connectivity index (χ2n) is 9.79. The summed E-state index contributed by atoms with van der Waals surface area (Å²) in [4.78, 5) is 23.9. The highest BCUT2D eigenvalue weighted by Crippen LogP contribution is 2.42. The number of rotatable bonds is 6. The van der Waals surface area contributed by atoms with Crippen LogP contribution in [0.4, 0.5) is 21.8 Å². The lowest BCUT2D eigenvalue weighted by Crippen LogP contribution is -2.52. The number of methoxy groups -OCH3 is 1. The summed E-state index contributed by atoms with van der Waals surface area (Å²) in [6.45, 7) is 7.78. The van der Waals surface area contributed by atoms with E-state index in [1.54, 1.807) is 19.2 Å². The highest BCUT2D eigenvalue weighted by molar-refractivity contribution is 5.71. The van der Waals surface area contributed by atoms with Gasteiger partial charge in [-0.05, 0) is 80.3 Å². The highest BCUT2D eigenvalue weighted by atomic mass is 19.1. The third kappa shape index (κ3) is 5.14. The molecule has 1 aliphatic rings. The fourth-order valence-electron chi connectivity index (χ4n) is 5.10. The number of aromatic nitrogens is 2. The number of benzene rings is 3. The van der Waals surface area contributed by atoms with E-state index >= 15 is 0 Å². The number of fused-ring (bicyclic) bond motifs is 1. The molecule has 1 atom stereocenters. The van der Waals surface area contributed by atoms with Crippen molar-refractivity contribution >= 4 is 23.4 Å². The Kier molecular flexibility index (Phi) is 6.95. The van der Waals surface area contributed by atoms with Crippen molar-refractivity contribution in [2.45, 2.75) is 39.8 Å². The van der Waals surface area contributed by atoms with Crippen LogP contribution in [-0.4, -0.2) is 29.6 Å². The first-order valence-electron chi connectivity index (χ1n) is 12.8. The Morgan fingerprint density at radius 2 is 1.69 bits per heavy atom. The first kappa shape index (κ1) is 26.2. The summed E-state index contributed by atoms with van der Waals surface area (Å²) in [5.74, 6) is 1.15. The van der Waals surface area contributed by atoms with Crippen LogP contribution in [0.1, 0.15) is 36.2 Å². The molecule has 0 fully saturated rings. The van der Waals surface area contributed by atoms with Crippen LogP contribution in [0.15, 0.2) is 66.7 Å². The molecule has 39 heavy (non-hydrogen) atoms. The molecule has 1 unspecified atom stereocenters. The summed E-state index contributed by atoms with van der Waals surface area (Å²) in [7, 11) is 1.65. The van der Waals surface area contributed by atoms with Gasteiger partial charge in [0.1, 0.15) is 17.4 Å². The van der Waals surface area contributed by atoms with Crippen molar-refractivity contribution in [3.8, 4) is 16.9 Å². The number of nitrogens with zero attached hydrogens (tertiary/aromatic N) is 3. The van der Waals surface area contributed by atoms with Crippen LogP contribution in [0.25, 0.3) is 11.1 Å². The quantitative estimate of drug-likeness (QED) is 0.289. The number of ether oxygens (including phenoxy) is 2. The summed E-state index contributed by atoms with van der Waals surface area (Å²) >= 11 is 0. The summed E-state index contributed by atoms with van der Waals surface area (Å²) in [5.41, 5.74) is 5.43. The van der Waals surface area contributed by atoms with E-state index in [9.17, 15) is 9.18 Å². The zero-order valence-electron chi connectivity index (χ0n) is 22.7. The third-order valence-corrected chi connectivity index (χ3v) is 7.21. The van der Waals surface area contributed by atoms with Gasteiger partial charge in [-0.1, -0.05) is 30.3 Å². The van der Waals surface area contributed by atoms with Gasteiger partial charge in [0.05, 0.1) is 7.11 Å². The van der Waals surface area contributed by atoms with E-state index in [0.29, 0.717) is 24.0 Å². The van der Waals surface area contributed by atoms with Crippen LogP contribution < -0.4 is 15.0 Å². The number of halogens is 1. The van der Waals surface area contributed by atoms with Crippen molar-refractivity contribution in [1.82, 2.24) is 9.97 Å².